The van der Waals surface area contributed by atoms with Crippen LogP contribution in [-0.2, 0) is 14.4 Å². The van der Waals surface area contributed by atoms with Crippen LogP contribution in [-0.4, -0.2) is 44.9 Å². The van der Waals surface area contributed by atoms with Gasteiger partial charge in [0.15, 0.2) is 0 Å². The molecule has 1 N–H and O–H groups in total. The smallest absolute Gasteiger partial charge is 0.249 e. The Kier molecular flexibility index (Phi) is 4.33. The van der Waals surface area contributed by atoms with Gasteiger partial charge in [0, 0.05) is 11.2 Å². The summed E-state index contributed by atoms with van der Waals surface area (Å²) in [5.74, 6) is -1.21. The molecule has 0 radical (unpaired) electrons. The van der Waals surface area contributed by atoms with Crippen molar-refractivity contribution in [3.63, 3.8) is 0 Å². The maximum atomic E-state index is 12.3. The summed E-state index contributed by atoms with van der Waals surface area (Å²) in [5, 5.41) is 13.9. The minimum absolute atomic E-state index is 0.0924. The van der Waals surface area contributed by atoms with Gasteiger partial charge in [0.05, 0.1) is 12.0 Å². The number of nitrogens with one attached hydrogen (secondary N) is 1. The second-order valence-corrected chi connectivity index (χ2v) is 9.10. The van der Waals surface area contributed by atoms with E-state index in [1.807, 2.05) is 0 Å². The highest BCUT2D eigenvalue weighted by atomic mass is 32.2. The first-order valence-corrected chi connectivity index (χ1v) is 9.19. The minimum Gasteiger partial charge on any atom is -0.548 e. The summed E-state index contributed by atoms with van der Waals surface area (Å²) >= 11 is 1.42. The lowest BCUT2D eigenvalue weighted by atomic mass is 9.86. The second kappa shape index (κ2) is 6.00. The molecule has 0 bridgehead atoms. The summed E-state index contributed by atoms with van der Waals surface area (Å²) in [6, 6.07) is -1.53. The molecular weight excluding hydrogens is 316 g/mol. The van der Waals surface area contributed by atoms with Crippen LogP contribution in [0.2, 0.25) is 0 Å². The van der Waals surface area contributed by atoms with Gasteiger partial charge >= 0.3 is 0 Å². The van der Waals surface area contributed by atoms with Crippen molar-refractivity contribution < 1.29 is 19.5 Å². The molecule has 3 rings (SSSR count). The van der Waals surface area contributed by atoms with Crippen LogP contribution in [0, 0.1) is 5.92 Å². The predicted octanol–water partition coefficient (Wildman–Crippen LogP) is 0.254. The highest BCUT2D eigenvalue weighted by Gasteiger charge is 2.62. The largest absolute Gasteiger partial charge is 0.548 e. The summed E-state index contributed by atoms with van der Waals surface area (Å²) in [6.45, 7) is 3.59. The zero-order valence-electron chi connectivity index (χ0n) is 13.5. The lowest BCUT2D eigenvalue weighted by Gasteiger charge is -2.45. The van der Waals surface area contributed by atoms with Crippen molar-refractivity contribution >= 4 is 29.5 Å². The van der Waals surface area contributed by atoms with Gasteiger partial charge in [0.25, 0.3) is 0 Å². The van der Waals surface area contributed by atoms with E-state index in [0.29, 0.717) is 12.3 Å². The van der Waals surface area contributed by atoms with Crippen LogP contribution >= 0.6 is 11.8 Å². The summed E-state index contributed by atoms with van der Waals surface area (Å²) in [5.41, 5.74) is 0. The topological polar surface area (TPSA) is 89.5 Å². The van der Waals surface area contributed by atoms with Gasteiger partial charge in [-0.2, -0.15) is 0 Å². The third kappa shape index (κ3) is 2.95. The molecule has 0 aromatic heterocycles. The number of carboxylic acid groups (broad SMARTS) is 1. The Labute approximate surface area is 140 Å². The van der Waals surface area contributed by atoms with E-state index in [0.717, 1.165) is 12.8 Å². The third-order valence-corrected chi connectivity index (χ3v) is 6.75. The number of fused-ring (bicyclic) bond motifs is 1. The van der Waals surface area contributed by atoms with Gasteiger partial charge in [0.2, 0.25) is 11.8 Å². The fourth-order valence-electron chi connectivity index (χ4n) is 4.01. The van der Waals surface area contributed by atoms with Crippen LogP contribution in [0.3, 0.4) is 0 Å². The van der Waals surface area contributed by atoms with Crippen LogP contribution in [0.15, 0.2) is 0 Å². The van der Waals surface area contributed by atoms with Crippen LogP contribution in [0.5, 0.6) is 0 Å². The lowest BCUT2D eigenvalue weighted by Crippen LogP contribution is -2.71. The molecule has 3 aliphatic rings. The molecule has 0 unspecified atom stereocenters. The summed E-state index contributed by atoms with van der Waals surface area (Å²) in [6.07, 6.45) is 6.22. The van der Waals surface area contributed by atoms with Gasteiger partial charge in [-0.1, -0.05) is 19.3 Å². The summed E-state index contributed by atoms with van der Waals surface area (Å²) in [7, 11) is 0. The highest BCUT2D eigenvalue weighted by Crippen LogP contribution is 2.50. The standard InChI is InChI=1S/C16H24N2O4S/c1-16(2)12(15(21)22)18-13(20)11(14(18)23-16)17-10(19)8-9-6-4-3-5-7-9/h9,11-12,14H,3-8H2,1-2H3,(H,17,19)(H,21,22)/p-1/t11-,12+,14-/m1/s1. The fraction of sp³-hybridized carbons (Fsp3) is 0.812. The minimum atomic E-state index is -1.23. The molecule has 7 heteroatoms. The average Bonchev–Trinajstić information content (AvgIpc) is 2.74. The zero-order chi connectivity index (χ0) is 16.8. The Balaban J connectivity index is 1.59. The first-order valence-electron chi connectivity index (χ1n) is 8.31. The molecule has 0 aromatic carbocycles. The Morgan fingerprint density at radius 2 is 1.96 bits per heavy atom. The maximum Gasteiger partial charge on any atom is 0.249 e. The van der Waals surface area contributed by atoms with Crippen molar-refractivity contribution in [2.45, 2.75) is 74.6 Å². The molecule has 3 atom stereocenters. The number of β-lactam (4-membered cyclic amide) rings is 1. The molecule has 1 saturated carbocycles. The van der Waals surface area contributed by atoms with Crippen molar-refractivity contribution in [2.75, 3.05) is 0 Å². The highest BCUT2D eigenvalue weighted by molar-refractivity contribution is 8.01. The number of hydrogen-bond acceptors (Lipinski definition) is 5. The van der Waals surface area contributed by atoms with Crippen molar-refractivity contribution in [2.24, 2.45) is 5.92 Å². The van der Waals surface area contributed by atoms with Gasteiger partial charge in [0.1, 0.15) is 11.4 Å². The normalized spacial score (nSPS) is 33.0. The van der Waals surface area contributed by atoms with Crippen LogP contribution in [0.25, 0.3) is 0 Å². The molecule has 2 aliphatic heterocycles. The summed E-state index contributed by atoms with van der Waals surface area (Å²) in [4.78, 5) is 37.2. The SMILES string of the molecule is CC1(C)S[C@@H]2[C@H](NC(=O)CC3CCCCC3)C(=O)N2[C@H]1C(=O)[O-]. The Morgan fingerprint density at radius 3 is 2.57 bits per heavy atom. The molecule has 1 aliphatic carbocycles. The number of carboxylic acids is 1. The maximum absolute atomic E-state index is 12.3. The van der Waals surface area contributed by atoms with E-state index in [1.165, 1.54) is 35.9 Å². The van der Waals surface area contributed by atoms with E-state index >= 15 is 0 Å². The number of amides is 2. The average molecular weight is 339 g/mol. The van der Waals surface area contributed by atoms with Crippen molar-refractivity contribution in [1.29, 1.82) is 0 Å². The van der Waals surface area contributed by atoms with Crippen LogP contribution in [0.4, 0.5) is 0 Å². The Bertz CT molecular complexity index is 530. The zero-order valence-corrected chi connectivity index (χ0v) is 14.4. The van der Waals surface area contributed by atoms with Gasteiger partial charge in [-0.05, 0) is 32.6 Å². The monoisotopic (exact) mass is 339 g/mol. The summed E-state index contributed by atoms with van der Waals surface area (Å²) < 4.78 is -0.609. The fourth-order valence-corrected chi connectivity index (χ4v) is 5.63. The van der Waals surface area contributed by atoms with E-state index in [1.54, 1.807) is 13.8 Å². The first kappa shape index (κ1) is 16.6. The third-order valence-electron chi connectivity index (χ3n) is 5.18. The van der Waals surface area contributed by atoms with Crippen molar-refractivity contribution in [3.8, 4) is 0 Å². The number of carbonyl (C=O) groups is 3. The predicted molar refractivity (Wildman–Crippen MR) is 84.2 cm³/mol. The first-order chi connectivity index (χ1) is 10.8. The number of aliphatic carboxylic acids is 1. The second-order valence-electron chi connectivity index (χ2n) is 7.33. The Hall–Kier alpha value is -1.24. The molecule has 2 heterocycles. The van der Waals surface area contributed by atoms with Crippen LogP contribution < -0.4 is 10.4 Å². The molecule has 2 saturated heterocycles. The quantitative estimate of drug-likeness (QED) is 0.742. The lowest BCUT2D eigenvalue weighted by molar-refractivity contribution is -0.312. The van der Waals surface area contributed by atoms with E-state index < -0.39 is 22.8 Å². The molecule has 0 aromatic rings. The van der Waals surface area contributed by atoms with Gasteiger partial charge in [-0.25, -0.2) is 0 Å². The van der Waals surface area contributed by atoms with E-state index in [4.69, 9.17) is 0 Å². The van der Waals surface area contributed by atoms with Gasteiger partial charge in [-0.3, -0.25) is 9.59 Å². The molecule has 6 nitrogen and oxygen atoms in total. The number of rotatable bonds is 4. The number of nitrogens with zero attached hydrogens (tertiary/aromatic N) is 1. The Morgan fingerprint density at radius 1 is 1.30 bits per heavy atom. The number of hydrogen-bond donors (Lipinski definition) is 1. The van der Waals surface area contributed by atoms with Crippen molar-refractivity contribution in [1.82, 2.24) is 10.2 Å². The number of thioether (sulfide) groups is 1. The molecule has 23 heavy (non-hydrogen) atoms. The van der Waals surface area contributed by atoms with E-state index in [-0.39, 0.29) is 17.2 Å². The van der Waals surface area contributed by atoms with E-state index in [9.17, 15) is 19.5 Å². The van der Waals surface area contributed by atoms with Gasteiger partial charge < -0.3 is 20.1 Å². The van der Waals surface area contributed by atoms with E-state index in [2.05, 4.69) is 5.32 Å². The van der Waals surface area contributed by atoms with Crippen molar-refractivity contribution in [3.05, 3.63) is 0 Å². The molecule has 0 spiro atoms. The van der Waals surface area contributed by atoms with Crippen LogP contribution in [0.1, 0.15) is 52.4 Å². The van der Waals surface area contributed by atoms with Gasteiger partial charge in [-0.15, -0.1) is 11.8 Å². The molecule has 3 fully saturated rings. The molecular formula is C16H23N2O4S-. The molecule has 128 valence electrons. The molecule has 2 amide bonds. The number of carbonyl (C=O) groups excluding carboxylic acids is 3.